The van der Waals surface area contributed by atoms with Gasteiger partial charge in [-0.15, -0.1) is 0 Å². The van der Waals surface area contributed by atoms with Crippen LogP contribution in [0.2, 0.25) is 0 Å². The highest BCUT2D eigenvalue weighted by atomic mass is 32.2. The summed E-state index contributed by atoms with van der Waals surface area (Å²) in [7, 11) is -5.86. The average molecular weight is 337 g/mol. The van der Waals surface area contributed by atoms with Crippen molar-refractivity contribution in [1.82, 2.24) is 4.98 Å². The van der Waals surface area contributed by atoms with Gasteiger partial charge in [-0.05, 0) is 24.6 Å². The van der Waals surface area contributed by atoms with Crippen LogP contribution in [0.4, 0.5) is 17.6 Å². The molecule has 22 heavy (non-hydrogen) atoms. The lowest BCUT2D eigenvalue weighted by Gasteiger charge is -2.15. The molecule has 0 N–H and O–H groups in total. The van der Waals surface area contributed by atoms with Crippen LogP contribution < -0.4 is 4.18 Å². The predicted octanol–water partition coefficient (Wildman–Crippen LogP) is 3.55. The molecule has 9 heteroatoms. The van der Waals surface area contributed by atoms with Crippen LogP contribution in [-0.2, 0) is 16.5 Å². The van der Waals surface area contributed by atoms with E-state index in [2.05, 4.69) is 9.17 Å². The Labute approximate surface area is 123 Å². The van der Waals surface area contributed by atoms with E-state index in [9.17, 15) is 26.0 Å². The number of aryl methyl sites for hydroxylation is 1. The van der Waals surface area contributed by atoms with Gasteiger partial charge in [-0.3, -0.25) is 4.98 Å². The lowest BCUT2D eigenvalue weighted by Crippen LogP contribution is -2.28. The summed E-state index contributed by atoms with van der Waals surface area (Å²) in [6.45, 7) is 1.71. The van der Waals surface area contributed by atoms with Gasteiger partial charge in [0.2, 0.25) is 0 Å². The second-order valence-electron chi connectivity index (χ2n) is 4.48. The standard InChI is InChI=1S/C13H11F4NO3S/c1-2-4-8-7-10(14)9-5-3-6-18-11(9)12(8)21-22(19,20)13(15,16)17/h3,5-7H,2,4H2,1H3. The molecular formula is C13H11F4NO3S. The molecule has 0 atom stereocenters. The highest BCUT2D eigenvalue weighted by Crippen LogP contribution is 2.35. The van der Waals surface area contributed by atoms with Crippen LogP contribution in [0.3, 0.4) is 0 Å². The zero-order chi connectivity index (χ0) is 16.5. The molecule has 0 fully saturated rings. The number of benzene rings is 1. The third-order valence-electron chi connectivity index (χ3n) is 2.87. The van der Waals surface area contributed by atoms with Crippen molar-refractivity contribution in [2.45, 2.75) is 25.3 Å². The summed E-state index contributed by atoms with van der Waals surface area (Å²) in [4.78, 5) is 3.75. The summed E-state index contributed by atoms with van der Waals surface area (Å²) in [5.74, 6) is -1.29. The van der Waals surface area contributed by atoms with Gasteiger partial charge in [-0.25, -0.2) is 4.39 Å². The lowest BCUT2D eigenvalue weighted by atomic mass is 10.1. The Morgan fingerprint density at radius 2 is 2.00 bits per heavy atom. The van der Waals surface area contributed by atoms with Crippen LogP contribution in [0.25, 0.3) is 10.9 Å². The van der Waals surface area contributed by atoms with Crippen LogP contribution in [0.5, 0.6) is 5.75 Å². The zero-order valence-corrected chi connectivity index (χ0v) is 12.1. The number of hydrogen-bond donors (Lipinski definition) is 0. The van der Waals surface area contributed by atoms with E-state index < -0.39 is 27.2 Å². The second-order valence-corrected chi connectivity index (χ2v) is 6.02. The Hall–Kier alpha value is -1.90. The Balaban J connectivity index is 2.70. The number of alkyl halides is 3. The highest BCUT2D eigenvalue weighted by molar-refractivity contribution is 7.88. The maximum Gasteiger partial charge on any atom is 0.534 e. The SMILES string of the molecule is CCCc1cc(F)c2cccnc2c1OS(=O)(=O)C(F)(F)F. The predicted molar refractivity (Wildman–Crippen MR) is 71.3 cm³/mol. The monoisotopic (exact) mass is 337 g/mol. The van der Waals surface area contributed by atoms with Gasteiger partial charge in [0.15, 0.2) is 5.75 Å². The van der Waals surface area contributed by atoms with Crippen LogP contribution >= 0.6 is 0 Å². The minimum atomic E-state index is -5.86. The molecule has 0 unspecified atom stereocenters. The zero-order valence-electron chi connectivity index (χ0n) is 11.3. The van der Waals surface area contributed by atoms with Crippen molar-refractivity contribution in [1.29, 1.82) is 0 Å². The van der Waals surface area contributed by atoms with Gasteiger partial charge in [0.25, 0.3) is 0 Å². The molecule has 0 radical (unpaired) electrons. The van der Waals surface area contributed by atoms with E-state index in [-0.39, 0.29) is 22.9 Å². The first-order valence-electron chi connectivity index (χ1n) is 6.24. The van der Waals surface area contributed by atoms with Gasteiger partial charge in [-0.2, -0.15) is 21.6 Å². The van der Waals surface area contributed by atoms with Crippen molar-refractivity contribution in [2.75, 3.05) is 0 Å². The van der Waals surface area contributed by atoms with Crippen LogP contribution in [0, 0.1) is 5.82 Å². The molecule has 2 rings (SSSR count). The number of hydrogen-bond acceptors (Lipinski definition) is 4. The van der Waals surface area contributed by atoms with E-state index in [1.807, 2.05) is 0 Å². The van der Waals surface area contributed by atoms with E-state index in [1.165, 1.54) is 18.3 Å². The first kappa shape index (κ1) is 16.5. The van der Waals surface area contributed by atoms with Crippen LogP contribution in [0.15, 0.2) is 24.4 Å². The third kappa shape index (κ3) is 2.99. The maximum atomic E-state index is 13.9. The van der Waals surface area contributed by atoms with Crippen molar-refractivity contribution in [3.8, 4) is 5.75 Å². The first-order valence-corrected chi connectivity index (χ1v) is 7.65. The Morgan fingerprint density at radius 3 is 2.59 bits per heavy atom. The molecule has 0 aliphatic heterocycles. The molecule has 0 amide bonds. The molecule has 1 aromatic carbocycles. The number of nitrogens with zero attached hydrogens (tertiary/aromatic N) is 1. The summed E-state index contributed by atoms with van der Waals surface area (Å²) in [5.41, 5.74) is -5.83. The third-order valence-corrected chi connectivity index (χ3v) is 3.82. The van der Waals surface area contributed by atoms with E-state index in [4.69, 9.17) is 0 Å². The van der Waals surface area contributed by atoms with E-state index >= 15 is 0 Å². The minimum Gasteiger partial charge on any atom is -0.373 e. The van der Waals surface area contributed by atoms with Gasteiger partial charge in [0.1, 0.15) is 11.3 Å². The molecule has 2 aromatic rings. The van der Waals surface area contributed by atoms with E-state index in [0.717, 1.165) is 6.07 Å². The van der Waals surface area contributed by atoms with Crippen molar-refractivity contribution < 1.29 is 30.2 Å². The Bertz CT molecular complexity index is 803. The lowest BCUT2D eigenvalue weighted by molar-refractivity contribution is -0.0499. The molecule has 0 saturated heterocycles. The van der Waals surface area contributed by atoms with Gasteiger partial charge in [0.05, 0.1) is 0 Å². The van der Waals surface area contributed by atoms with Gasteiger partial charge < -0.3 is 4.18 Å². The van der Waals surface area contributed by atoms with Crippen LogP contribution in [0.1, 0.15) is 18.9 Å². The largest absolute Gasteiger partial charge is 0.534 e. The molecular weight excluding hydrogens is 326 g/mol. The summed E-state index contributed by atoms with van der Waals surface area (Å²) in [5, 5.41) is -0.116. The summed E-state index contributed by atoms with van der Waals surface area (Å²) in [6, 6.07) is 3.63. The van der Waals surface area contributed by atoms with Gasteiger partial charge in [0, 0.05) is 17.1 Å². The van der Waals surface area contributed by atoms with E-state index in [1.54, 1.807) is 6.92 Å². The quantitative estimate of drug-likeness (QED) is 0.486. The van der Waals surface area contributed by atoms with Crippen molar-refractivity contribution in [3.05, 3.63) is 35.8 Å². The smallest absolute Gasteiger partial charge is 0.373 e. The average Bonchev–Trinajstić information content (AvgIpc) is 2.42. The molecule has 120 valence electrons. The molecule has 0 aliphatic rings. The molecule has 1 heterocycles. The number of halogens is 4. The summed E-state index contributed by atoms with van der Waals surface area (Å²) in [6.07, 6.45) is 1.82. The fourth-order valence-electron chi connectivity index (χ4n) is 1.93. The Kier molecular flexibility index (Phi) is 4.28. The summed E-state index contributed by atoms with van der Waals surface area (Å²) >= 11 is 0. The van der Waals surface area contributed by atoms with Crippen molar-refractivity contribution >= 4 is 21.0 Å². The normalized spacial score (nSPS) is 12.6. The molecule has 0 saturated carbocycles. The number of aromatic nitrogens is 1. The maximum absolute atomic E-state index is 13.9. The fourth-order valence-corrected chi connectivity index (χ4v) is 2.43. The second kappa shape index (κ2) is 5.71. The molecule has 0 bridgehead atoms. The van der Waals surface area contributed by atoms with Crippen LogP contribution in [-0.4, -0.2) is 18.9 Å². The number of rotatable bonds is 4. The molecule has 0 aliphatic carbocycles. The van der Waals surface area contributed by atoms with Gasteiger partial charge in [-0.1, -0.05) is 13.3 Å². The Morgan fingerprint density at radius 1 is 1.32 bits per heavy atom. The number of pyridine rings is 1. The van der Waals surface area contributed by atoms with Crippen molar-refractivity contribution in [3.63, 3.8) is 0 Å². The molecule has 1 aromatic heterocycles. The van der Waals surface area contributed by atoms with Gasteiger partial charge >= 0.3 is 15.6 Å². The number of fused-ring (bicyclic) bond motifs is 1. The topological polar surface area (TPSA) is 56.3 Å². The first-order chi connectivity index (χ1) is 10.2. The van der Waals surface area contributed by atoms with E-state index in [0.29, 0.717) is 6.42 Å². The summed E-state index contributed by atoms with van der Waals surface area (Å²) < 4.78 is 78.2. The highest BCUT2D eigenvalue weighted by Gasteiger charge is 2.49. The van der Waals surface area contributed by atoms with Crippen molar-refractivity contribution in [2.24, 2.45) is 0 Å². The molecule has 0 spiro atoms. The minimum absolute atomic E-state index is 0.0130. The molecule has 4 nitrogen and oxygen atoms in total. The fraction of sp³-hybridized carbons (Fsp3) is 0.308.